The van der Waals surface area contributed by atoms with E-state index in [1.165, 1.54) is 22.2 Å². The number of H-pyrrole nitrogens is 1. The number of carbonyl (C=O) groups is 2. The van der Waals surface area contributed by atoms with Crippen LogP contribution in [0, 0.1) is 5.92 Å². The number of imide groups is 1. The Morgan fingerprint density at radius 3 is 2.21 bits per heavy atom. The lowest BCUT2D eigenvalue weighted by Crippen LogP contribution is -2.32. The van der Waals surface area contributed by atoms with Gasteiger partial charge in [-0.3, -0.25) is 14.4 Å². The van der Waals surface area contributed by atoms with Crippen LogP contribution in [0.1, 0.15) is 42.7 Å². The highest BCUT2D eigenvalue weighted by atomic mass is 32.2. The number of thioether (sulfide) groups is 1. The van der Waals surface area contributed by atoms with Gasteiger partial charge in [-0.1, -0.05) is 68.1 Å². The Morgan fingerprint density at radius 1 is 0.939 bits per heavy atom. The van der Waals surface area contributed by atoms with Gasteiger partial charge in [0.2, 0.25) is 11.8 Å². The first-order valence-corrected chi connectivity index (χ1v) is 12.4. The molecule has 1 aromatic heterocycles. The average Bonchev–Trinajstić information content (AvgIpc) is 3.28. The van der Waals surface area contributed by atoms with Crippen LogP contribution in [-0.2, 0) is 15.0 Å². The van der Waals surface area contributed by atoms with Crippen LogP contribution in [-0.4, -0.2) is 29.2 Å². The van der Waals surface area contributed by atoms with Crippen LogP contribution >= 0.6 is 23.1 Å². The number of thiazole rings is 1. The predicted octanol–water partition coefficient (Wildman–Crippen LogP) is 4.54. The minimum atomic E-state index is -0.593. The molecule has 0 radical (unpaired) electrons. The Hall–Kier alpha value is -2.84. The number of aromatic amines is 1. The molecule has 3 aromatic rings. The molecule has 2 aliphatic heterocycles. The summed E-state index contributed by atoms with van der Waals surface area (Å²) >= 11 is 2.42. The molecule has 3 heterocycles. The highest BCUT2D eigenvalue weighted by molar-refractivity contribution is 8.00. The molecule has 2 amide bonds. The number of anilines is 1. The van der Waals surface area contributed by atoms with Crippen molar-refractivity contribution in [2.75, 3.05) is 12.0 Å². The minimum Gasteiger partial charge on any atom is -0.497 e. The van der Waals surface area contributed by atoms with E-state index in [9.17, 15) is 14.4 Å². The van der Waals surface area contributed by atoms with Gasteiger partial charge < -0.3 is 9.72 Å². The third-order valence-electron chi connectivity index (χ3n) is 6.29. The molecule has 8 heteroatoms. The van der Waals surface area contributed by atoms with E-state index in [4.69, 9.17) is 4.74 Å². The zero-order valence-corrected chi connectivity index (χ0v) is 20.4. The largest absolute Gasteiger partial charge is 0.497 e. The minimum absolute atomic E-state index is 0.00213. The molecule has 2 aliphatic rings. The van der Waals surface area contributed by atoms with Crippen LogP contribution in [0.5, 0.6) is 5.75 Å². The Bertz CT molecular complexity index is 1290. The number of amides is 2. The summed E-state index contributed by atoms with van der Waals surface area (Å²) in [6.45, 7) is 6.45. The van der Waals surface area contributed by atoms with Gasteiger partial charge >= 0.3 is 4.87 Å². The summed E-state index contributed by atoms with van der Waals surface area (Å²) in [6, 6.07) is 15.1. The van der Waals surface area contributed by atoms with Crippen molar-refractivity contribution >= 4 is 40.6 Å². The number of fused-ring (bicyclic) bond motifs is 2. The van der Waals surface area contributed by atoms with Crippen LogP contribution < -0.4 is 14.5 Å². The van der Waals surface area contributed by atoms with Gasteiger partial charge in [-0.2, -0.15) is 0 Å². The van der Waals surface area contributed by atoms with Crippen molar-refractivity contribution in [3.8, 4) is 5.75 Å². The molecule has 0 aliphatic carbocycles. The zero-order chi connectivity index (χ0) is 23.5. The van der Waals surface area contributed by atoms with Crippen molar-refractivity contribution in [3.05, 3.63) is 74.2 Å². The van der Waals surface area contributed by atoms with Crippen molar-refractivity contribution in [1.82, 2.24) is 4.98 Å². The molecule has 3 atom stereocenters. The van der Waals surface area contributed by atoms with E-state index in [1.807, 2.05) is 12.1 Å². The molecule has 1 saturated heterocycles. The number of aromatic nitrogens is 1. The maximum atomic E-state index is 13.7. The number of hydrogen-bond acceptors (Lipinski definition) is 6. The third kappa shape index (κ3) is 3.61. The van der Waals surface area contributed by atoms with Crippen molar-refractivity contribution in [2.45, 2.75) is 42.4 Å². The van der Waals surface area contributed by atoms with E-state index < -0.39 is 11.2 Å². The maximum absolute atomic E-state index is 13.7. The molecule has 1 fully saturated rings. The van der Waals surface area contributed by atoms with E-state index in [0.717, 1.165) is 21.8 Å². The lowest BCUT2D eigenvalue weighted by Gasteiger charge is -2.30. The lowest BCUT2D eigenvalue weighted by atomic mass is 9.81. The van der Waals surface area contributed by atoms with E-state index in [-0.39, 0.29) is 28.0 Å². The van der Waals surface area contributed by atoms with Gasteiger partial charge in [-0.25, -0.2) is 4.90 Å². The summed E-state index contributed by atoms with van der Waals surface area (Å²) in [7, 11) is 1.57. The van der Waals surface area contributed by atoms with Gasteiger partial charge in [0.05, 0.1) is 23.7 Å². The molecular formula is C25H24N2O4S2. The quantitative estimate of drug-likeness (QED) is 0.557. The topological polar surface area (TPSA) is 79.5 Å². The third-order valence-corrected chi connectivity index (χ3v) is 8.69. The van der Waals surface area contributed by atoms with E-state index in [1.54, 1.807) is 31.4 Å². The van der Waals surface area contributed by atoms with Crippen molar-refractivity contribution < 1.29 is 14.3 Å². The van der Waals surface area contributed by atoms with Crippen molar-refractivity contribution in [2.24, 2.45) is 5.92 Å². The highest BCUT2D eigenvalue weighted by Gasteiger charge is 2.56. The van der Waals surface area contributed by atoms with Gasteiger partial charge in [0.15, 0.2) is 0 Å². The van der Waals surface area contributed by atoms with E-state index >= 15 is 0 Å². The second kappa shape index (κ2) is 7.88. The van der Waals surface area contributed by atoms with Gasteiger partial charge in [0.1, 0.15) is 11.0 Å². The molecule has 0 spiro atoms. The van der Waals surface area contributed by atoms with Crippen LogP contribution in [0.4, 0.5) is 5.69 Å². The number of benzene rings is 2. The van der Waals surface area contributed by atoms with E-state index in [0.29, 0.717) is 16.5 Å². The second-order valence-corrected chi connectivity index (χ2v) is 11.5. The normalized spacial score (nSPS) is 22.3. The summed E-state index contributed by atoms with van der Waals surface area (Å²) < 4.78 is 5.21. The number of hydrogen-bond donors (Lipinski definition) is 1. The predicted molar refractivity (Wildman–Crippen MR) is 131 cm³/mol. The number of ether oxygens (including phenoxy) is 1. The summed E-state index contributed by atoms with van der Waals surface area (Å²) in [4.78, 5) is 44.2. The van der Waals surface area contributed by atoms with Crippen LogP contribution in [0.25, 0.3) is 0 Å². The number of rotatable bonds is 3. The molecule has 2 aromatic carbocycles. The molecule has 5 rings (SSSR count). The van der Waals surface area contributed by atoms with Gasteiger partial charge in [0.25, 0.3) is 0 Å². The summed E-state index contributed by atoms with van der Waals surface area (Å²) in [5.74, 6) is -0.776. The van der Waals surface area contributed by atoms with Crippen LogP contribution in [0.3, 0.4) is 0 Å². The number of carbonyl (C=O) groups excluding carboxylic acids is 2. The first-order valence-electron chi connectivity index (χ1n) is 10.7. The molecular weight excluding hydrogens is 456 g/mol. The smallest absolute Gasteiger partial charge is 0.305 e. The van der Waals surface area contributed by atoms with Gasteiger partial charge in [-0.15, -0.1) is 0 Å². The lowest BCUT2D eigenvalue weighted by molar-refractivity contribution is -0.122. The first-order chi connectivity index (χ1) is 15.7. The monoisotopic (exact) mass is 480 g/mol. The van der Waals surface area contributed by atoms with Crippen molar-refractivity contribution in [1.29, 1.82) is 0 Å². The van der Waals surface area contributed by atoms with Gasteiger partial charge in [0, 0.05) is 10.8 Å². The number of methoxy groups -OCH3 is 1. The van der Waals surface area contributed by atoms with E-state index in [2.05, 4.69) is 37.9 Å². The fraction of sp³-hybridized carbons (Fsp3) is 0.320. The van der Waals surface area contributed by atoms with Crippen LogP contribution in [0.2, 0.25) is 0 Å². The maximum Gasteiger partial charge on any atom is 0.305 e. The Labute approximate surface area is 200 Å². The second-order valence-electron chi connectivity index (χ2n) is 9.33. The zero-order valence-electron chi connectivity index (χ0n) is 18.7. The summed E-state index contributed by atoms with van der Waals surface area (Å²) in [6.07, 6.45) is 0. The molecule has 33 heavy (non-hydrogen) atoms. The molecule has 1 N–H and O–H groups in total. The first kappa shape index (κ1) is 22.0. The standard InChI is InChI=1S/C25H24N2O4S2/c1-25(2,3)14-7-5-13(6-8-14)17-18-20(32-21-19(17)33-24(30)26-21)23(29)27(22(18)28)15-9-11-16(31-4)12-10-15/h5-12,17-18,20H,1-4H3,(H,26,30)/t17-,18-,20+/m0/s1. The Kier molecular flexibility index (Phi) is 5.25. The fourth-order valence-electron chi connectivity index (χ4n) is 4.55. The molecule has 6 nitrogen and oxygen atoms in total. The average molecular weight is 481 g/mol. The summed E-state index contributed by atoms with van der Waals surface area (Å²) in [5, 5.41) is 0.0959. The Balaban J connectivity index is 1.59. The molecule has 0 bridgehead atoms. The summed E-state index contributed by atoms with van der Waals surface area (Å²) in [5.41, 5.74) is 2.65. The molecule has 0 saturated carbocycles. The number of nitrogens with zero attached hydrogens (tertiary/aromatic N) is 1. The molecule has 170 valence electrons. The van der Waals surface area contributed by atoms with Gasteiger partial charge in [-0.05, 0) is 40.8 Å². The van der Waals surface area contributed by atoms with Crippen LogP contribution in [0.15, 0.2) is 58.4 Å². The fourth-order valence-corrected chi connectivity index (χ4v) is 7.07. The SMILES string of the molecule is COc1ccc(N2C(=O)[C@H]3[C@H](c4ccc(C(C)(C)C)cc4)c4sc(=O)[nH]c4S[C@H]3C2=O)cc1. The Morgan fingerprint density at radius 2 is 1.61 bits per heavy atom. The number of nitrogens with one attached hydrogen (secondary N) is 1. The highest BCUT2D eigenvalue weighted by Crippen LogP contribution is 2.53. The molecule has 0 unspecified atom stereocenters. The van der Waals surface area contributed by atoms with Crippen molar-refractivity contribution in [3.63, 3.8) is 0 Å².